The maximum atomic E-state index is 6.62. The fourth-order valence-corrected chi connectivity index (χ4v) is 9.50. The molecule has 0 aliphatic carbocycles. The zero-order chi connectivity index (χ0) is 15.5. The highest BCUT2D eigenvalue weighted by atomic mass is 28.4. The van der Waals surface area contributed by atoms with E-state index in [-0.39, 0.29) is 5.04 Å². The zero-order valence-electron chi connectivity index (χ0n) is 14.6. The van der Waals surface area contributed by atoms with Gasteiger partial charge in [0.15, 0.2) is 8.32 Å². The summed E-state index contributed by atoms with van der Waals surface area (Å²) in [6, 6.07) is 1.30. The van der Waals surface area contributed by atoms with Gasteiger partial charge in [0.25, 0.3) is 8.48 Å². The van der Waals surface area contributed by atoms with Crippen LogP contribution < -0.4 is 4.98 Å². The second kappa shape index (κ2) is 6.39. The van der Waals surface area contributed by atoms with E-state index < -0.39 is 24.9 Å². The van der Waals surface area contributed by atoms with Crippen molar-refractivity contribution in [2.45, 2.75) is 71.1 Å². The molecule has 1 unspecified atom stereocenters. The van der Waals surface area contributed by atoms with Gasteiger partial charge < -0.3 is 9.10 Å². The van der Waals surface area contributed by atoms with Crippen molar-refractivity contribution in [3.05, 3.63) is 12.3 Å². The first-order valence-electron chi connectivity index (χ1n) is 7.31. The third-order valence-corrected chi connectivity index (χ3v) is 14.8. The second-order valence-electron chi connectivity index (χ2n) is 8.41. The molecular weight excluding hydrogens is 282 g/mol. The van der Waals surface area contributed by atoms with Crippen molar-refractivity contribution in [1.82, 2.24) is 4.98 Å². The highest BCUT2D eigenvalue weighted by Gasteiger charge is 2.42. The first-order chi connectivity index (χ1) is 8.22. The average molecular weight is 318 g/mol. The van der Waals surface area contributed by atoms with Gasteiger partial charge in [0.1, 0.15) is 0 Å². The summed E-state index contributed by atoms with van der Waals surface area (Å²) in [5, 5.41) is 0.255. The van der Waals surface area contributed by atoms with Crippen LogP contribution in [0.5, 0.6) is 0 Å². The summed E-state index contributed by atoms with van der Waals surface area (Å²) in [5.74, 6) is 0. The van der Waals surface area contributed by atoms with Crippen molar-refractivity contribution >= 4 is 24.9 Å². The highest BCUT2D eigenvalue weighted by Crippen LogP contribution is 2.38. The Balaban J connectivity index is 4.67. The van der Waals surface area contributed by atoms with Crippen LogP contribution in [-0.4, -0.2) is 31.4 Å². The van der Waals surface area contributed by atoms with Gasteiger partial charge in [0.05, 0.1) is 0 Å². The van der Waals surface area contributed by atoms with Gasteiger partial charge in [-0.3, -0.25) is 0 Å². The maximum absolute atomic E-state index is 6.62. The fraction of sp³-hybridized carbons (Fsp3) is 0.857. The van der Waals surface area contributed by atoms with Crippen LogP contribution in [0.15, 0.2) is 12.3 Å². The molecule has 0 amide bonds. The van der Waals surface area contributed by atoms with Gasteiger partial charge in [-0.25, -0.2) is 0 Å². The van der Waals surface area contributed by atoms with E-state index in [9.17, 15) is 0 Å². The second-order valence-corrected chi connectivity index (χ2v) is 22.3. The van der Waals surface area contributed by atoms with E-state index in [4.69, 9.17) is 4.12 Å². The quantitative estimate of drug-likeness (QED) is 0.685. The Morgan fingerprint density at radius 1 is 1.05 bits per heavy atom. The first kappa shape index (κ1) is 19.3. The first-order valence-corrected chi connectivity index (χ1v) is 16.4. The molecule has 2 nitrogen and oxygen atoms in total. The van der Waals surface area contributed by atoms with Crippen LogP contribution in [0, 0.1) is 0 Å². The van der Waals surface area contributed by atoms with E-state index in [1.807, 2.05) is 0 Å². The molecule has 0 spiro atoms. The van der Waals surface area contributed by atoms with Gasteiger partial charge in [-0.2, -0.15) is 0 Å². The summed E-state index contributed by atoms with van der Waals surface area (Å²) in [6.45, 7) is 26.1. The third-order valence-electron chi connectivity index (χ3n) is 4.01. The molecule has 0 heterocycles. The lowest BCUT2D eigenvalue weighted by molar-refractivity contribution is 0.477. The van der Waals surface area contributed by atoms with Crippen molar-refractivity contribution in [3.8, 4) is 0 Å². The van der Waals surface area contributed by atoms with Crippen LogP contribution in [0.4, 0.5) is 0 Å². The van der Waals surface area contributed by atoms with Gasteiger partial charge in [0, 0.05) is 8.07 Å². The zero-order valence-corrected chi connectivity index (χ0v) is 17.6. The molecule has 1 N–H and O–H groups in total. The molecule has 0 saturated carbocycles. The standard InChI is InChI=1S/C14H35NOSi3/c1-11-19(10,15-12-13-17(5,6)7)16-18(8,9)14(2,3)4/h11,15H,1,12-13H2,2-10H3. The maximum Gasteiger partial charge on any atom is 0.280 e. The Hall–Kier alpha value is 0.311. The third kappa shape index (κ3) is 7.04. The van der Waals surface area contributed by atoms with E-state index in [0.29, 0.717) is 0 Å². The lowest BCUT2D eigenvalue weighted by atomic mass is 10.2. The fourth-order valence-electron chi connectivity index (χ4n) is 1.52. The predicted octanol–water partition coefficient (Wildman–Crippen LogP) is 4.73. The van der Waals surface area contributed by atoms with Crippen LogP contribution in [-0.2, 0) is 4.12 Å². The summed E-state index contributed by atoms with van der Waals surface area (Å²) in [4.78, 5) is 3.70. The smallest absolute Gasteiger partial charge is 0.280 e. The van der Waals surface area contributed by atoms with Gasteiger partial charge in [-0.05, 0) is 37.3 Å². The molecule has 0 saturated heterocycles. The van der Waals surface area contributed by atoms with E-state index in [2.05, 4.69) is 77.3 Å². The molecule has 0 fully saturated rings. The molecule has 114 valence electrons. The van der Waals surface area contributed by atoms with E-state index >= 15 is 0 Å². The molecule has 0 aliphatic rings. The van der Waals surface area contributed by atoms with Crippen molar-refractivity contribution in [3.63, 3.8) is 0 Å². The van der Waals surface area contributed by atoms with Gasteiger partial charge in [0.2, 0.25) is 0 Å². The molecule has 19 heavy (non-hydrogen) atoms. The van der Waals surface area contributed by atoms with Gasteiger partial charge in [-0.1, -0.05) is 46.1 Å². The highest BCUT2D eigenvalue weighted by molar-refractivity contribution is 6.88. The Morgan fingerprint density at radius 3 is 1.84 bits per heavy atom. The number of nitrogens with one attached hydrogen (secondary N) is 1. The molecule has 0 aromatic heterocycles. The summed E-state index contributed by atoms with van der Waals surface area (Å²) in [6.07, 6.45) is 0. The summed E-state index contributed by atoms with van der Waals surface area (Å²) < 4.78 is 6.62. The minimum atomic E-state index is -1.97. The number of rotatable bonds is 7. The SMILES string of the molecule is C=C[Si](C)(NCC[Si](C)(C)C)O[Si](C)(C)C(C)(C)C. The molecule has 1 atom stereocenters. The lowest BCUT2D eigenvalue weighted by Crippen LogP contribution is -2.58. The lowest BCUT2D eigenvalue weighted by Gasteiger charge is -2.42. The Bertz CT molecular complexity index is 305. The Kier molecular flexibility index (Phi) is 6.49. The van der Waals surface area contributed by atoms with Crippen molar-refractivity contribution in [1.29, 1.82) is 0 Å². The van der Waals surface area contributed by atoms with Crippen molar-refractivity contribution in [2.75, 3.05) is 6.54 Å². The Labute approximate surface area is 124 Å². The summed E-state index contributed by atoms with van der Waals surface area (Å²) in [7, 11) is -4.67. The molecule has 0 bridgehead atoms. The minimum Gasteiger partial charge on any atom is -0.441 e. The van der Waals surface area contributed by atoms with Crippen molar-refractivity contribution in [2.24, 2.45) is 0 Å². The summed E-state index contributed by atoms with van der Waals surface area (Å²) in [5.41, 5.74) is 2.05. The van der Waals surface area contributed by atoms with E-state index in [1.165, 1.54) is 6.04 Å². The van der Waals surface area contributed by atoms with E-state index in [0.717, 1.165) is 6.54 Å². The predicted molar refractivity (Wildman–Crippen MR) is 96.3 cm³/mol. The summed E-state index contributed by atoms with van der Waals surface area (Å²) >= 11 is 0. The normalized spacial score (nSPS) is 17.1. The molecular formula is C14H35NOSi3. The molecule has 0 aliphatic heterocycles. The van der Waals surface area contributed by atoms with Gasteiger partial charge >= 0.3 is 0 Å². The molecule has 0 aromatic rings. The average Bonchev–Trinajstić information content (AvgIpc) is 2.12. The van der Waals surface area contributed by atoms with E-state index in [1.54, 1.807) is 0 Å². The Morgan fingerprint density at radius 2 is 1.53 bits per heavy atom. The monoisotopic (exact) mass is 317 g/mol. The van der Waals surface area contributed by atoms with Crippen LogP contribution in [0.25, 0.3) is 0 Å². The number of hydrogen-bond donors (Lipinski definition) is 1. The van der Waals surface area contributed by atoms with Crippen LogP contribution in [0.3, 0.4) is 0 Å². The largest absolute Gasteiger partial charge is 0.441 e. The van der Waals surface area contributed by atoms with Crippen LogP contribution >= 0.6 is 0 Å². The number of hydrogen-bond acceptors (Lipinski definition) is 2. The molecule has 0 radical (unpaired) electrons. The minimum absolute atomic E-state index is 0.255. The molecule has 5 heteroatoms. The van der Waals surface area contributed by atoms with Crippen LogP contribution in [0.1, 0.15) is 20.8 Å². The molecule has 0 aromatic carbocycles. The topological polar surface area (TPSA) is 21.3 Å². The molecule has 0 rings (SSSR count). The van der Waals surface area contributed by atoms with Gasteiger partial charge in [-0.15, -0.1) is 6.58 Å². The van der Waals surface area contributed by atoms with Crippen molar-refractivity contribution < 1.29 is 4.12 Å². The van der Waals surface area contributed by atoms with Crippen LogP contribution in [0.2, 0.25) is 50.4 Å².